The molecule has 0 saturated carbocycles. The Labute approximate surface area is 101 Å². The van der Waals surface area contributed by atoms with Gasteiger partial charge in [-0.2, -0.15) is 9.90 Å². The maximum atomic E-state index is 11.7. The first-order valence-electron chi connectivity index (χ1n) is 4.58. The minimum Gasteiger partial charge on any atom is -0.304 e. The highest BCUT2D eigenvalue weighted by atomic mass is 79.9. The van der Waals surface area contributed by atoms with Gasteiger partial charge in [0.2, 0.25) is 0 Å². The fourth-order valence-electron chi connectivity index (χ4n) is 1.19. The number of nitrogens with zero attached hydrogens (tertiary/aromatic N) is 3. The van der Waals surface area contributed by atoms with Gasteiger partial charge in [0.05, 0.1) is 6.20 Å². The van der Waals surface area contributed by atoms with Crippen molar-refractivity contribution in [1.82, 2.24) is 15.0 Å². The largest absolute Gasteiger partial charge is 0.304 e. The lowest BCUT2D eigenvalue weighted by atomic mass is 10.2. The number of halogens is 1. The second-order valence-corrected chi connectivity index (χ2v) is 4.10. The van der Waals surface area contributed by atoms with Crippen LogP contribution in [0, 0.1) is 0 Å². The molecule has 5 nitrogen and oxygen atoms in total. The van der Waals surface area contributed by atoms with E-state index in [0.29, 0.717) is 11.4 Å². The number of hydrogen-bond donors (Lipinski definition) is 1. The SMILES string of the molecule is Cn1ncc(NC(=O)c2ccc(Br)cc2)n1. The van der Waals surface area contributed by atoms with E-state index in [1.807, 2.05) is 12.1 Å². The molecule has 1 heterocycles. The molecule has 1 aromatic heterocycles. The molecule has 0 unspecified atom stereocenters. The molecule has 0 aliphatic carbocycles. The molecule has 82 valence electrons. The van der Waals surface area contributed by atoms with Crippen LogP contribution in [-0.4, -0.2) is 20.9 Å². The lowest BCUT2D eigenvalue weighted by molar-refractivity contribution is 0.102. The summed E-state index contributed by atoms with van der Waals surface area (Å²) >= 11 is 3.31. The summed E-state index contributed by atoms with van der Waals surface area (Å²) < 4.78 is 0.934. The highest BCUT2D eigenvalue weighted by Gasteiger charge is 2.07. The van der Waals surface area contributed by atoms with Crippen molar-refractivity contribution in [3.8, 4) is 0 Å². The molecule has 2 aromatic rings. The maximum Gasteiger partial charge on any atom is 0.256 e. The van der Waals surface area contributed by atoms with Crippen LogP contribution in [0.5, 0.6) is 0 Å². The zero-order valence-corrected chi connectivity index (χ0v) is 10.1. The molecule has 0 aliphatic rings. The fourth-order valence-corrected chi connectivity index (χ4v) is 1.46. The topological polar surface area (TPSA) is 59.8 Å². The Kier molecular flexibility index (Phi) is 3.00. The first kappa shape index (κ1) is 10.8. The summed E-state index contributed by atoms with van der Waals surface area (Å²) in [6.07, 6.45) is 1.50. The number of carbonyl (C=O) groups is 1. The van der Waals surface area contributed by atoms with Crippen LogP contribution in [0.25, 0.3) is 0 Å². The van der Waals surface area contributed by atoms with Crippen molar-refractivity contribution in [3.05, 3.63) is 40.5 Å². The van der Waals surface area contributed by atoms with Crippen molar-refractivity contribution >= 4 is 27.7 Å². The zero-order valence-electron chi connectivity index (χ0n) is 8.51. The van der Waals surface area contributed by atoms with E-state index in [2.05, 4.69) is 31.4 Å². The van der Waals surface area contributed by atoms with Crippen molar-refractivity contribution in [2.45, 2.75) is 0 Å². The Morgan fingerprint density at radius 1 is 1.38 bits per heavy atom. The number of hydrogen-bond acceptors (Lipinski definition) is 3. The van der Waals surface area contributed by atoms with Gasteiger partial charge in [0.25, 0.3) is 5.91 Å². The van der Waals surface area contributed by atoms with Crippen LogP contribution in [0.3, 0.4) is 0 Å². The fraction of sp³-hybridized carbons (Fsp3) is 0.100. The van der Waals surface area contributed by atoms with Gasteiger partial charge >= 0.3 is 0 Å². The summed E-state index contributed by atoms with van der Waals surface area (Å²) in [5.74, 6) is 0.239. The smallest absolute Gasteiger partial charge is 0.256 e. The van der Waals surface area contributed by atoms with Gasteiger partial charge in [-0.05, 0) is 24.3 Å². The highest BCUT2D eigenvalue weighted by molar-refractivity contribution is 9.10. The summed E-state index contributed by atoms with van der Waals surface area (Å²) in [7, 11) is 1.69. The third-order valence-corrected chi connectivity index (χ3v) is 2.48. The monoisotopic (exact) mass is 280 g/mol. The number of carbonyl (C=O) groups excluding carboxylic acids is 1. The Balaban J connectivity index is 2.11. The van der Waals surface area contributed by atoms with Crippen molar-refractivity contribution in [1.29, 1.82) is 0 Å². The third-order valence-electron chi connectivity index (χ3n) is 1.95. The molecule has 0 saturated heterocycles. The van der Waals surface area contributed by atoms with E-state index >= 15 is 0 Å². The molecule has 0 bridgehead atoms. The normalized spacial score (nSPS) is 10.1. The van der Waals surface area contributed by atoms with Crippen LogP contribution in [0.15, 0.2) is 34.9 Å². The molecule has 0 fully saturated rings. The predicted molar refractivity (Wildman–Crippen MR) is 63.1 cm³/mol. The molecule has 0 spiro atoms. The molecule has 0 aliphatic heterocycles. The number of rotatable bonds is 2. The van der Waals surface area contributed by atoms with Gasteiger partial charge in [-0.25, -0.2) is 0 Å². The van der Waals surface area contributed by atoms with Gasteiger partial charge in [-0.1, -0.05) is 15.9 Å². The molecule has 6 heteroatoms. The van der Waals surface area contributed by atoms with Crippen molar-refractivity contribution < 1.29 is 4.79 Å². The van der Waals surface area contributed by atoms with E-state index in [4.69, 9.17) is 0 Å². The van der Waals surface area contributed by atoms with Crippen LogP contribution >= 0.6 is 15.9 Å². The van der Waals surface area contributed by atoms with E-state index in [-0.39, 0.29) is 5.91 Å². The van der Waals surface area contributed by atoms with Crippen LogP contribution in [0.4, 0.5) is 5.82 Å². The summed E-state index contributed by atoms with van der Waals surface area (Å²) in [5, 5.41) is 10.5. The number of aromatic nitrogens is 3. The molecule has 0 atom stereocenters. The lowest BCUT2D eigenvalue weighted by Crippen LogP contribution is -2.12. The quantitative estimate of drug-likeness (QED) is 0.913. The first-order chi connectivity index (χ1) is 7.65. The molecular weight excluding hydrogens is 272 g/mol. The van der Waals surface area contributed by atoms with E-state index in [0.717, 1.165) is 4.47 Å². The predicted octanol–water partition coefficient (Wildman–Crippen LogP) is 1.83. The Morgan fingerprint density at radius 2 is 2.06 bits per heavy atom. The third kappa shape index (κ3) is 2.46. The molecular formula is C10H9BrN4O. The summed E-state index contributed by atoms with van der Waals surface area (Å²) in [6.45, 7) is 0. The number of nitrogens with one attached hydrogen (secondary N) is 1. The number of benzene rings is 1. The first-order valence-corrected chi connectivity index (χ1v) is 5.38. The van der Waals surface area contributed by atoms with Gasteiger partial charge in [-0.3, -0.25) is 4.79 Å². The van der Waals surface area contributed by atoms with Crippen molar-refractivity contribution in [2.24, 2.45) is 7.05 Å². The van der Waals surface area contributed by atoms with E-state index in [9.17, 15) is 4.79 Å². The lowest BCUT2D eigenvalue weighted by Gasteiger charge is -2.01. The zero-order chi connectivity index (χ0) is 11.5. The standard InChI is InChI=1S/C10H9BrN4O/c1-15-12-6-9(14-15)13-10(16)7-2-4-8(11)5-3-7/h2-6H,1H3,(H,13,14,16). The van der Waals surface area contributed by atoms with Crippen LogP contribution in [0.1, 0.15) is 10.4 Å². The molecule has 1 aromatic carbocycles. The van der Waals surface area contributed by atoms with Crippen molar-refractivity contribution in [3.63, 3.8) is 0 Å². The number of aryl methyl sites for hydroxylation is 1. The second kappa shape index (κ2) is 4.44. The molecule has 1 amide bonds. The Morgan fingerprint density at radius 3 is 2.62 bits per heavy atom. The van der Waals surface area contributed by atoms with Crippen molar-refractivity contribution in [2.75, 3.05) is 5.32 Å². The van der Waals surface area contributed by atoms with Gasteiger partial charge in [0.1, 0.15) is 0 Å². The van der Waals surface area contributed by atoms with Gasteiger partial charge < -0.3 is 5.32 Å². The average molecular weight is 281 g/mol. The number of anilines is 1. The highest BCUT2D eigenvalue weighted by Crippen LogP contribution is 2.11. The van der Waals surface area contributed by atoms with E-state index in [1.54, 1.807) is 19.2 Å². The Hall–Kier alpha value is -1.69. The Bertz CT molecular complexity index is 506. The molecule has 1 N–H and O–H groups in total. The summed E-state index contributed by atoms with van der Waals surface area (Å²) in [5.41, 5.74) is 0.578. The van der Waals surface area contributed by atoms with Crippen LogP contribution < -0.4 is 5.32 Å². The van der Waals surface area contributed by atoms with Gasteiger partial charge in [-0.15, -0.1) is 5.10 Å². The second-order valence-electron chi connectivity index (χ2n) is 3.18. The van der Waals surface area contributed by atoms with Gasteiger partial charge in [0, 0.05) is 17.1 Å². The van der Waals surface area contributed by atoms with Gasteiger partial charge in [0.15, 0.2) is 5.82 Å². The molecule has 0 radical (unpaired) electrons. The van der Waals surface area contributed by atoms with E-state index in [1.165, 1.54) is 11.0 Å². The van der Waals surface area contributed by atoms with Crippen LogP contribution in [-0.2, 0) is 7.05 Å². The average Bonchev–Trinajstić information content (AvgIpc) is 2.65. The maximum absolute atomic E-state index is 11.7. The minimum absolute atomic E-state index is 0.201. The summed E-state index contributed by atoms with van der Waals surface area (Å²) in [4.78, 5) is 13.1. The molecule has 2 rings (SSSR count). The van der Waals surface area contributed by atoms with Crippen LogP contribution in [0.2, 0.25) is 0 Å². The minimum atomic E-state index is -0.201. The van der Waals surface area contributed by atoms with E-state index < -0.39 is 0 Å². The summed E-state index contributed by atoms with van der Waals surface area (Å²) in [6, 6.07) is 7.09. The number of amides is 1. The molecule has 16 heavy (non-hydrogen) atoms.